The number of rotatable bonds is 0. The molecule has 0 aliphatic rings. The fourth-order valence-electron chi connectivity index (χ4n) is 0.349. The summed E-state index contributed by atoms with van der Waals surface area (Å²) in [5, 5.41) is 14.3. The van der Waals surface area contributed by atoms with Gasteiger partial charge >= 0.3 is 5.96 Å². The summed E-state index contributed by atoms with van der Waals surface area (Å²) in [6, 6.07) is 0. The lowest BCUT2D eigenvalue weighted by Gasteiger charge is -1.78. The summed E-state index contributed by atoms with van der Waals surface area (Å²) in [7, 11) is 0. The van der Waals surface area contributed by atoms with Crippen molar-refractivity contribution in [2.45, 2.75) is 0 Å². The number of hydrogen-bond acceptors (Lipinski definition) is 4. The van der Waals surface area contributed by atoms with E-state index in [9.17, 15) is 0 Å². The molecule has 3 N–H and O–H groups in total. The van der Waals surface area contributed by atoms with E-state index in [1.165, 1.54) is 6.39 Å². The molecule has 0 unspecified atom stereocenters. The van der Waals surface area contributed by atoms with Crippen molar-refractivity contribution in [2.75, 3.05) is 0 Å². The molecule has 0 bridgehead atoms. The molecule has 6 heteroatoms. The Morgan fingerprint density at radius 3 is 3.11 bits per heavy atom. The van der Waals surface area contributed by atoms with E-state index in [0.29, 0.717) is 0 Å². The Hall–Kier alpha value is -1.59. The predicted octanol–water partition coefficient (Wildman–Crippen LogP) is -1.49. The number of aromatic nitrogens is 2. The highest BCUT2D eigenvalue weighted by Crippen LogP contribution is 1.66. The van der Waals surface area contributed by atoms with Crippen molar-refractivity contribution in [3.63, 3.8) is 0 Å². The monoisotopic (exact) mass is 129 g/mol. The summed E-state index contributed by atoms with van der Waals surface area (Å²) >= 11 is 0. The highest BCUT2D eigenvalue weighted by atomic mass is 16.4. The number of nitrogens with zero attached hydrogens (tertiary/aromatic N) is 3. The van der Waals surface area contributed by atoms with Gasteiger partial charge in [0.2, 0.25) is 6.39 Å². The van der Waals surface area contributed by atoms with Crippen LogP contribution in [0.25, 0.3) is 0 Å². The van der Waals surface area contributed by atoms with Crippen LogP contribution in [-0.4, -0.2) is 16.3 Å². The van der Waals surface area contributed by atoms with E-state index in [-0.39, 0.29) is 5.96 Å². The lowest BCUT2D eigenvalue weighted by atomic mass is 11.0. The Morgan fingerprint density at radius 1 is 1.89 bits per heavy atom. The van der Waals surface area contributed by atoms with Gasteiger partial charge in [-0.3, -0.25) is 5.73 Å². The van der Waals surface area contributed by atoms with E-state index in [1.807, 2.05) is 0 Å². The predicted molar refractivity (Wildman–Crippen MR) is 25.5 cm³/mol. The summed E-state index contributed by atoms with van der Waals surface area (Å²) < 4.78 is 5.60. The molecular weight excluding hydrogens is 124 g/mol. The minimum Gasteiger partial charge on any atom is -0.418 e. The van der Waals surface area contributed by atoms with E-state index in [4.69, 9.17) is 10.9 Å². The van der Waals surface area contributed by atoms with Crippen molar-refractivity contribution < 1.29 is 14.3 Å². The van der Waals surface area contributed by atoms with Crippen molar-refractivity contribution in [1.29, 1.82) is 0 Å². The average Bonchev–Trinajstić information content (AvgIpc) is 2.37. The molecule has 0 aliphatic carbocycles. The fourth-order valence-corrected chi connectivity index (χ4v) is 0.349. The molecule has 1 heterocycles. The van der Waals surface area contributed by atoms with Gasteiger partial charge in [0.05, 0.1) is 0 Å². The summed E-state index contributed by atoms with van der Waals surface area (Å²) in [6.45, 7) is 0. The van der Waals surface area contributed by atoms with Crippen LogP contribution in [0.3, 0.4) is 0 Å². The Morgan fingerprint density at radius 2 is 2.67 bits per heavy atom. The lowest BCUT2D eigenvalue weighted by Crippen LogP contribution is -2.49. The zero-order chi connectivity index (χ0) is 6.69. The van der Waals surface area contributed by atoms with Crippen molar-refractivity contribution in [3.8, 4) is 0 Å². The maximum absolute atomic E-state index is 8.07. The highest BCUT2D eigenvalue weighted by Gasteiger charge is 2.05. The molecule has 0 spiro atoms. The zero-order valence-corrected chi connectivity index (χ0v) is 4.43. The van der Waals surface area contributed by atoms with E-state index in [2.05, 4.69) is 14.7 Å². The van der Waals surface area contributed by atoms with Gasteiger partial charge < -0.3 is 9.62 Å². The molecule has 0 saturated carbocycles. The van der Waals surface area contributed by atoms with Crippen molar-refractivity contribution >= 4 is 5.96 Å². The Balaban J connectivity index is 2.90. The largest absolute Gasteiger partial charge is 0.454 e. The highest BCUT2D eigenvalue weighted by molar-refractivity contribution is 5.66. The summed E-state index contributed by atoms with van der Waals surface area (Å²) in [6.07, 6.45) is 2.37. The molecule has 0 fully saturated rings. The van der Waals surface area contributed by atoms with Gasteiger partial charge in [-0.1, -0.05) is 9.78 Å². The molecule has 0 amide bonds. The topological polar surface area (TPSA) is 88.5 Å². The van der Waals surface area contributed by atoms with Crippen LogP contribution in [0, 0.1) is 0 Å². The van der Waals surface area contributed by atoms with Crippen LogP contribution in [-0.2, 0) is 0 Å². The third-order valence-electron chi connectivity index (χ3n) is 0.730. The van der Waals surface area contributed by atoms with E-state index in [0.717, 1.165) is 11.1 Å². The summed E-state index contributed by atoms with van der Waals surface area (Å²) in [5.74, 6) is -0.135. The van der Waals surface area contributed by atoms with Gasteiger partial charge in [-0.25, -0.2) is 0 Å². The molecule has 1 rings (SSSR count). The van der Waals surface area contributed by atoms with Crippen LogP contribution in [0.15, 0.2) is 22.4 Å². The normalized spacial score (nSPS) is 11.8. The molecular formula is C3H5N4O2+. The van der Waals surface area contributed by atoms with Gasteiger partial charge in [0.1, 0.15) is 5.16 Å². The first-order chi connectivity index (χ1) is 4.34. The van der Waals surface area contributed by atoms with Crippen molar-refractivity contribution in [3.05, 3.63) is 12.8 Å². The van der Waals surface area contributed by atoms with E-state index < -0.39 is 0 Å². The summed E-state index contributed by atoms with van der Waals surface area (Å²) in [5.41, 5.74) is 5.08. The van der Waals surface area contributed by atoms with Gasteiger partial charge in [-0.05, 0) is 0 Å². The first-order valence-corrected chi connectivity index (χ1v) is 2.12. The zero-order valence-electron chi connectivity index (χ0n) is 4.43. The third-order valence-corrected chi connectivity index (χ3v) is 0.730. The second-order valence-corrected chi connectivity index (χ2v) is 1.27. The summed E-state index contributed by atoms with van der Waals surface area (Å²) in [4.78, 5) is 0. The van der Waals surface area contributed by atoms with Crippen LogP contribution in [0.5, 0.6) is 0 Å². The van der Waals surface area contributed by atoms with Crippen LogP contribution in [0.2, 0.25) is 0 Å². The first kappa shape index (κ1) is 5.54. The van der Waals surface area contributed by atoms with E-state index >= 15 is 0 Å². The van der Waals surface area contributed by atoms with Gasteiger partial charge in [-0.2, -0.15) is 0 Å². The fraction of sp³-hybridized carbons (Fsp3) is 0. The maximum Gasteiger partial charge on any atom is 0.454 e. The van der Waals surface area contributed by atoms with Crippen molar-refractivity contribution in [1.82, 2.24) is 5.10 Å². The Labute approximate surface area is 50.2 Å². The standard InChI is InChI=1S/C3H4N4O2/c4-3(6-8)7-2-9-1-5-7/h1-2H,(H2-,4,6,8)/p+1. The number of oxime groups is 1. The molecule has 0 atom stereocenters. The molecule has 6 nitrogen and oxygen atoms in total. The smallest absolute Gasteiger partial charge is 0.418 e. The Bertz CT molecular complexity index is 204. The van der Waals surface area contributed by atoms with Gasteiger partial charge in [0.25, 0.3) is 6.39 Å². The van der Waals surface area contributed by atoms with Crippen molar-refractivity contribution in [2.24, 2.45) is 10.9 Å². The van der Waals surface area contributed by atoms with Crippen LogP contribution in [0.4, 0.5) is 0 Å². The molecule has 0 aromatic carbocycles. The number of nitrogens with two attached hydrogens (primary N) is 1. The molecule has 1 aromatic heterocycles. The van der Waals surface area contributed by atoms with E-state index in [1.54, 1.807) is 0 Å². The molecule has 0 radical (unpaired) electrons. The second kappa shape index (κ2) is 2.12. The quantitative estimate of drug-likeness (QED) is 0.147. The molecule has 48 valence electrons. The van der Waals surface area contributed by atoms with Crippen LogP contribution in [0.1, 0.15) is 0 Å². The van der Waals surface area contributed by atoms with Gasteiger partial charge in [-0.15, -0.1) is 0 Å². The van der Waals surface area contributed by atoms with Gasteiger partial charge in [0.15, 0.2) is 0 Å². The second-order valence-electron chi connectivity index (χ2n) is 1.27. The number of hydrogen-bond donors (Lipinski definition) is 2. The minimum absolute atomic E-state index is 0.135. The SMILES string of the molecule is NC(=NO)[n+]1cocn1. The molecule has 1 aromatic rings. The molecule has 0 saturated heterocycles. The van der Waals surface area contributed by atoms with Crippen LogP contribution < -0.4 is 10.4 Å². The van der Waals surface area contributed by atoms with Gasteiger partial charge in [0, 0.05) is 0 Å². The van der Waals surface area contributed by atoms with Crippen LogP contribution >= 0.6 is 0 Å². The Kier molecular flexibility index (Phi) is 1.31. The minimum atomic E-state index is -0.135. The lowest BCUT2D eigenvalue weighted by molar-refractivity contribution is -0.625. The average molecular weight is 129 g/mol. The third kappa shape index (κ3) is 0.958. The molecule has 0 aliphatic heterocycles. The molecule has 9 heavy (non-hydrogen) atoms. The first-order valence-electron chi connectivity index (χ1n) is 2.12. The maximum atomic E-state index is 8.07.